The maximum atomic E-state index is 12.8. The van der Waals surface area contributed by atoms with Gasteiger partial charge in [0.25, 0.3) is 5.91 Å². The third-order valence-corrected chi connectivity index (χ3v) is 7.22. The van der Waals surface area contributed by atoms with E-state index < -0.39 is 0 Å². The van der Waals surface area contributed by atoms with Crippen LogP contribution in [0.5, 0.6) is 0 Å². The molecule has 1 aliphatic rings. The molecule has 8 heteroatoms. The number of rotatable bonds is 9. The lowest BCUT2D eigenvalue weighted by molar-refractivity contribution is -0.122. The highest BCUT2D eigenvalue weighted by Crippen LogP contribution is 2.33. The van der Waals surface area contributed by atoms with Gasteiger partial charge in [0.05, 0.1) is 4.91 Å². The molecule has 4 rings (SSSR count). The first-order valence-corrected chi connectivity index (χ1v) is 12.8. The van der Waals surface area contributed by atoms with Crippen LogP contribution >= 0.6 is 35.3 Å². The summed E-state index contributed by atoms with van der Waals surface area (Å²) in [6, 6.07) is 18.4. The van der Waals surface area contributed by atoms with Crippen LogP contribution in [0.2, 0.25) is 0 Å². The predicted molar refractivity (Wildman–Crippen MR) is 141 cm³/mol. The van der Waals surface area contributed by atoms with E-state index in [-0.39, 0.29) is 11.8 Å². The summed E-state index contributed by atoms with van der Waals surface area (Å²) in [6.45, 7) is 0.572. The van der Waals surface area contributed by atoms with Crippen LogP contribution in [0.1, 0.15) is 31.2 Å². The van der Waals surface area contributed by atoms with Gasteiger partial charge in [0.1, 0.15) is 4.32 Å². The third kappa shape index (κ3) is 6.37. The molecule has 33 heavy (non-hydrogen) atoms. The van der Waals surface area contributed by atoms with Crippen molar-refractivity contribution in [1.29, 1.82) is 0 Å². The molecule has 0 bridgehead atoms. The Morgan fingerprint density at radius 3 is 2.52 bits per heavy atom. The molecule has 0 unspecified atom stereocenters. The summed E-state index contributed by atoms with van der Waals surface area (Å²) < 4.78 is 0.591. The summed E-state index contributed by atoms with van der Waals surface area (Å²) in [7, 11) is 0. The number of amides is 2. The molecule has 2 heterocycles. The quantitative estimate of drug-likeness (QED) is 0.218. The number of anilines is 1. The van der Waals surface area contributed by atoms with Gasteiger partial charge in [-0.1, -0.05) is 85.0 Å². The van der Waals surface area contributed by atoms with E-state index in [1.807, 2.05) is 41.8 Å². The first-order valence-electron chi connectivity index (χ1n) is 10.7. The van der Waals surface area contributed by atoms with E-state index in [0.29, 0.717) is 27.3 Å². The zero-order valence-corrected chi connectivity index (χ0v) is 20.3. The number of carbonyl (C=O) groups excluding carboxylic acids is 2. The normalized spacial score (nSPS) is 14.8. The largest absolute Gasteiger partial charge is 0.302 e. The molecule has 2 amide bonds. The van der Waals surface area contributed by atoms with Crippen LogP contribution in [0.25, 0.3) is 17.2 Å². The van der Waals surface area contributed by atoms with Crippen molar-refractivity contribution in [3.05, 3.63) is 76.6 Å². The Labute approximate surface area is 206 Å². The highest BCUT2D eigenvalue weighted by molar-refractivity contribution is 8.26. The van der Waals surface area contributed by atoms with Gasteiger partial charge >= 0.3 is 0 Å². The predicted octanol–water partition coefficient (Wildman–Crippen LogP) is 6.21. The Kier molecular flexibility index (Phi) is 8.04. The molecule has 0 radical (unpaired) electrons. The minimum absolute atomic E-state index is 0.0308. The smallest absolute Gasteiger partial charge is 0.266 e. The summed E-state index contributed by atoms with van der Waals surface area (Å²) in [4.78, 5) is 31.1. The van der Waals surface area contributed by atoms with Crippen molar-refractivity contribution < 1.29 is 9.59 Å². The average Bonchev–Trinajstić information content (AvgIpc) is 3.43. The number of unbranched alkanes of at least 4 members (excludes halogenated alkanes) is 2. The monoisotopic (exact) mass is 493 g/mol. The van der Waals surface area contributed by atoms with E-state index in [2.05, 4.69) is 34.6 Å². The van der Waals surface area contributed by atoms with Gasteiger partial charge in [0, 0.05) is 24.5 Å². The minimum atomic E-state index is -0.0429. The number of hydrogen-bond acceptors (Lipinski definition) is 6. The molecule has 2 aromatic carbocycles. The summed E-state index contributed by atoms with van der Waals surface area (Å²) in [6.07, 6.45) is 6.42. The van der Waals surface area contributed by atoms with Gasteiger partial charge in [-0.25, -0.2) is 4.98 Å². The SMILES string of the molecule is O=C(CCCCCN1C(=O)/C(=C/c2ccc(-c3ccccc3)cc2)SC1=S)Nc1nccs1. The zero-order chi connectivity index (χ0) is 23.0. The van der Waals surface area contributed by atoms with Crippen LogP contribution in [0.4, 0.5) is 5.13 Å². The molecular formula is C25H23N3O2S3. The lowest BCUT2D eigenvalue weighted by Gasteiger charge is -2.14. The number of carbonyl (C=O) groups is 2. The Bertz CT molecular complexity index is 1140. The van der Waals surface area contributed by atoms with Crippen molar-refractivity contribution in [2.45, 2.75) is 25.7 Å². The zero-order valence-electron chi connectivity index (χ0n) is 17.9. The van der Waals surface area contributed by atoms with E-state index in [4.69, 9.17) is 12.2 Å². The van der Waals surface area contributed by atoms with Crippen LogP contribution in [-0.2, 0) is 9.59 Å². The molecule has 1 aromatic heterocycles. The Morgan fingerprint density at radius 1 is 1.03 bits per heavy atom. The molecule has 1 fully saturated rings. The summed E-state index contributed by atoms with van der Waals surface area (Å²) in [5, 5.41) is 5.23. The summed E-state index contributed by atoms with van der Waals surface area (Å²) in [5.41, 5.74) is 3.28. The molecule has 0 atom stereocenters. The number of thiazole rings is 1. The van der Waals surface area contributed by atoms with E-state index >= 15 is 0 Å². The number of benzene rings is 2. The van der Waals surface area contributed by atoms with E-state index in [0.717, 1.165) is 36.0 Å². The molecule has 1 aliphatic heterocycles. The van der Waals surface area contributed by atoms with Crippen molar-refractivity contribution >= 4 is 62.7 Å². The maximum Gasteiger partial charge on any atom is 0.266 e. The fraction of sp³-hybridized carbons (Fsp3) is 0.200. The van der Waals surface area contributed by atoms with Crippen molar-refractivity contribution in [2.75, 3.05) is 11.9 Å². The van der Waals surface area contributed by atoms with Gasteiger partial charge in [0.15, 0.2) is 5.13 Å². The average molecular weight is 494 g/mol. The molecule has 168 valence electrons. The highest BCUT2D eigenvalue weighted by atomic mass is 32.2. The van der Waals surface area contributed by atoms with Crippen LogP contribution in [0.15, 0.2) is 71.1 Å². The van der Waals surface area contributed by atoms with Crippen LogP contribution in [0.3, 0.4) is 0 Å². The Hall–Kier alpha value is -2.81. The second kappa shape index (κ2) is 11.4. The van der Waals surface area contributed by atoms with Crippen molar-refractivity contribution in [3.63, 3.8) is 0 Å². The lowest BCUT2D eigenvalue weighted by Crippen LogP contribution is -2.29. The number of nitrogens with zero attached hydrogens (tertiary/aromatic N) is 2. The standard InChI is InChI=1S/C25H23N3O2S3/c29-22(27-24-26-14-16-32-24)9-5-2-6-15-28-23(30)21(33-25(28)31)17-18-10-12-20(13-11-18)19-7-3-1-4-8-19/h1,3-4,7-8,10-14,16-17H,2,5-6,9,15H2,(H,26,27,29)/b21-17-. The van der Waals surface area contributed by atoms with Gasteiger partial charge < -0.3 is 5.32 Å². The van der Waals surface area contributed by atoms with Gasteiger partial charge in [-0.05, 0) is 35.6 Å². The second-order valence-corrected chi connectivity index (χ2v) is 10.1. The van der Waals surface area contributed by atoms with E-state index in [1.165, 1.54) is 23.1 Å². The van der Waals surface area contributed by atoms with Gasteiger partial charge in [-0.15, -0.1) is 11.3 Å². The molecule has 5 nitrogen and oxygen atoms in total. The third-order valence-electron chi connectivity index (χ3n) is 5.15. The van der Waals surface area contributed by atoms with Gasteiger partial charge in [0.2, 0.25) is 5.91 Å². The molecular weight excluding hydrogens is 470 g/mol. The number of thiocarbonyl (C=S) groups is 1. The molecule has 1 saturated heterocycles. The van der Waals surface area contributed by atoms with Crippen molar-refractivity contribution in [3.8, 4) is 11.1 Å². The van der Waals surface area contributed by atoms with Gasteiger partial charge in [-0.2, -0.15) is 0 Å². The molecule has 0 spiro atoms. The lowest BCUT2D eigenvalue weighted by atomic mass is 10.0. The maximum absolute atomic E-state index is 12.8. The fourth-order valence-electron chi connectivity index (χ4n) is 3.45. The van der Waals surface area contributed by atoms with Crippen LogP contribution < -0.4 is 5.32 Å². The number of aromatic nitrogens is 1. The Balaban J connectivity index is 1.25. The van der Waals surface area contributed by atoms with Crippen molar-refractivity contribution in [2.24, 2.45) is 0 Å². The second-order valence-electron chi connectivity index (χ2n) is 7.52. The van der Waals surface area contributed by atoms with Crippen LogP contribution in [0, 0.1) is 0 Å². The fourth-order valence-corrected chi connectivity index (χ4v) is 5.30. The molecule has 0 saturated carbocycles. The van der Waals surface area contributed by atoms with Gasteiger partial charge in [-0.3, -0.25) is 14.5 Å². The van der Waals surface area contributed by atoms with Crippen LogP contribution in [-0.4, -0.2) is 32.6 Å². The first-order chi connectivity index (χ1) is 16.1. The van der Waals surface area contributed by atoms with E-state index in [9.17, 15) is 9.59 Å². The molecule has 0 aliphatic carbocycles. The number of nitrogens with one attached hydrogen (secondary N) is 1. The van der Waals surface area contributed by atoms with Crippen molar-refractivity contribution in [1.82, 2.24) is 9.88 Å². The number of thioether (sulfide) groups is 1. The summed E-state index contributed by atoms with van der Waals surface area (Å²) >= 11 is 8.19. The topological polar surface area (TPSA) is 62.3 Å². The molecule has 3 aromatic rings. The first kappa shape index (κ1) is 23.4. The number of hydrogen-bond donors (Lipinski definition) is 1. The minimum Gasteiger partial charge on any atom is -0.302 e. The summed E-state index contributed by atoms with van der Waals surface area (Å²) in [5.74, 6) is -0.0737. The highest BCUT2D eigenvalue weighted by Gasteiger charge is 2.31. The molecule has 1 N–H and O–H groups in total. The Morgan fingerprint density at radius 2 is 1.79 bits per heavy atom. The van der Waals surface area contributed by atoms with E-state index in [1.54, 1.807) is 11.1 Å².